The van der Waals surface area contributed by atoms with Gasteiger partial charge in [0.2, 0.25) is 10.0 Å². The Morgan fingerprint density at radius 2 is 1.80 bits per heavy atom. The molecule has 1 aromatic carbocycles. The van der Waals surface area contributed by atoms with Crippen molar-refractivity contribution in [3.8, 4) is 5.75 Å². The fourth-order valence-electron chi connectivity index (χ4n) is 2.39. The monoisotopic (exact) mass is 299 g/mol. The molecule has 0 radical (unpaired) electrons. The predicted octanol–water partition coefficient (Wildman–Crippen LogP) is 1.67. The Hall–Kier alpha value is -1.11. The maximum atomic E-state index is 12.2. The number of hydrogen-bond donors (Lipinski definition) is 2. The average molecular weight is 299 g/mol. The molecule has 0 saturated heterocycles. The standard InChI is InChI=1S/C14H21NO4S/c16-10-11-19-13-6-8-14(9-7-13)20(17,18)15-12-4-2-1-3-5-12/h6-9,12,15-16H,1-5,10-11H2. The number of benzene rings is 1. The van der Waals surface area contributed by atoms with Gasteiger partial charge in [-0.1, -0.05) is 19.3 Å². The molecular weight excluding hydrogens is 278 g/mol. The molecule has 0 amide bonds. The van der Waals surface area contributed by atoms with Crippen LogP contribution in [0.3, 0.4) is 0 Å². The van der Waals surface area contributed by atoms with Gasteiger partial charge in [0.25, 0.3) is 0 Å². The van der Waals surface area contributed by atoms with Crippen LogP contribution in [0, 0.1) is 0 Å². The summed E-state index contributed by atoms with van der Waals surface area (Å²) in [6.07, 6.45) is 5.19. The molecule has 5 nitrogen and oxygen atoms in total. The Morgan fingerprint density at radius 3 is 2.40 bits per heavy atom. The third kappa shape index (κ3) is 4.19. The third-order valence-corrected chi connectivity index (χ3v) is 4.96. The smallest absolute Gasteiger partial charge is 0.240 e. The molecule has 0 aromatic heterocycles. The number of ether oxygens (including phenoxy) is 1. The zero-order chi connectivity index (χ0) is 14.4. The molecule has 0 bridgehead atoms. The molecule has 1 fully saturated rings. The molecule has 1 aromatic rings. The zero-order valence-electron chi connectivity index (χ0n) is 11.4. The highest BCUT2D eigenvalue weighted by atomic mass is 32.2. The largest absolute Gasteiger partial charge is 0.491 e. The van der Waals surface area contributed by atoms with Crippen molar-refractivity contribution in [2.24, 2.45) is 0 Å². The average Bonchev–Trinajstić information content (AvgIpc) is 2.46. The van der Waals surface area contributed by atoms with Gasteiger partial charge in [0, 0.05) is 6.04 Å². The molecule has 112 valence electrons. The van der Waals surface area contributed by atoms with E-state index in [4.69, 9.17) is 9.84 Å². The lowest BCUT2D eigenvalue weighted by Crippen LogP contribution is -2.36. The lowest BCUT2D eigenvalue weighted by molar-refractivity contribution is 0.201. The highest BCUT2D eigenvalue weighted by Crippen LogP contribution is 2.21. The lowest BCUT2D eigenvalue weighted by Gasteiger charge is -2.22. The van der Waals surface area contributed by atoms with Crippen molar-refractivity contribution in [1.29, 1.82) is 0 Å². The van der Waals surface area contributed by atoms with Gasteiger partial charge in [-0.3, -0.25) is 0 Å². The summed E-state index contributed by atoms with van der Waals surface area (Å²) in [4.78, 5) is 0.249. The predicted molar refractivity (Wildman–Crippen MR) is 76.2 cm³/mol. The summed E-state index contributed by atoms with van der Waals surface area (Å²) in [6.45, 7) is 0.135. The van der Waals surface area contributed by atoms with Gasteiger partial charge in [-0.05, 0) is 37.1 Å². The minimum Gasteiger partial charge on any atom is -0.491 e. The molecule has 2 rings (SSSR count). The van der Waals surface area contributed by atoms with E-state index >= 15 is 0 Å². The van der Waals surface area contributed by atoms with Gasteiger partial charge >= 0.3 is 0 Å². The van der Waals surface area contributed by atoms with Gasteiger partial charge in [-0.25, -0.2) is 13.1 Å². The van der Waals surface area contributed by atoms with E-state index in [0.717, 1.165) is 25.7 Å². The van der Waals surface area contributed by atoms with Crippen LogP contribution in [0.1, 0.15) is 32.1 Å². The molecule has 1 aliphatic rings. The molecule has 6 heteroatoms. The van der Waals surface area contributed by atoms with Gasteiger partial charge in [0.1, 0.15) is 12.4 Å². The number of sulfonamides is 1. The highest BCUT2D eigenvalue weighted by Gasteiger charge is 2.21. The number of aliphatic hydroxyl groups excluding tert-OH is 1. The van der Waals surface area contributed by atoms with Crippen LogP contribution in [0.5, 0.6) is 5.75 Å². The highest BCUT2D eigenvalue weighted by molar-refractivity contribution is 7.89. The topological polar surface area (TPSA) is 75.6 Å². The normalized spacial score (nSPS) is 17.1. The Morgan fingerprint density at radius 1 is 1.15 bits per heavy atom. The minimum absolute atomic E-state index is 0.0547. The first-order chi connectivity index (χ1) is 9.62. The second-order valence-corrected chi connectivity index (χ2v) is 6.71. The lowest BCUT2D eigenvalue weighted by atomic mass is 9.96. The van der Waals surface area contributed by atoms with E-state index < -0.39 is 10.0 Å². The summed E-state index contributed by atoms with van der Waals surface area (Å²) in [6, 6.07) is 6.31. The van der Waals surface area contributed by atoms with E-state index in [9.17, 15) is 8.42 Å². The molecule has 0 spiro atoms. The van der Waals surface area contributed by atoms with Crippen LogP contribution >= 0.6 is 0 Å². The SMILES string of the molecule is O=S(=O)(NC1CCCCC1)c1ccc(OCCO)cc1. The number of nitrogens with one attached hydrogen (secondary N) is 1. The van der Waals surface area contributed by atoms with Gasteiger partial charge in [0.05, 0.1) is 11.5 Å². The maximum absolute atomic E-state index is 12.2. The Bertz CT molecular complexity index is 506. The van der Waals surface area contributed by atoms with Gasteiger partial charge in [-0.2, -0.15) is 0 Å². The van der Waals surface area contributed by atoms with Crippen LogP contribution < -0.4 is 9.46 Å². The molecule has 20 heavy (non-hydrogen) atoms. The number of aliphatic hydroxyl groups is 1. The first-order valence-corrected chi connectivity index (χ1v) is 8.46. The van der Waals surface area contributed by atoms with E-state index in [2.05, 4.69) is 4.72 Å². The van der Waals surface area contributed by atoms with Gasteiger partial charge < -0.3 is 9.84 Å². The van der Waals surface area contributed by atoms with Gasteiger partial charge in [0.15, 0.2) is 0 Å². The van der Waals surface area contributed by atoms with Crippen LogP contribution in [0.2, 0.25) is 0 Å². The van der Waals surface area contributed by atoms with Crippen LogP contribution in [-0.2, 0) is 10.0 Å². The number of hydrogen-bond acceptors (Lipinski definition) is 4. The molecule has 1 saturated carbocycles. The van der Waals surface area contributed by atoms with Crippen LogP contribution in [0.15, 0.2) is 29.2 Å². The summed E-state index contributed by atoms with van der Waals surface area (Å²) in [5.74, 6) is 0.552. The third-order valence-electron chi connectivity index (χ3n) is 3.42. The fourth-order valence-corrected chi connectivity index (χ4v) is 3.69. The molecule has 0 aliphatic heterocycles. The van der Waals surface area contributed by atoms with Crippen LogP contribution in [0.4, 0.5) is 0 Å². The molecule has 0 unspecified atom stereocenters. The quantitative estimate of drug-likeness (QED) is 0.838. The van der Waals surface area contributed by atoms with Crippen molar-refractivity contribution < 1.29 is 18.3 Å². The first-order valence-electron chi connectivity index (χ1n) is 6.98. The van der Waals surface area contributed by atoms with E-state index in [-0.39, 0.29) is 24.2 Å². The maximum Gasteiger partial charge on any atom is 0.240 e. The molecule has 2 N–H and O–H groups in total. The van der Waals surface area contributed by atoms with Crippen molar-refractivity contribution in [2.75, 3.05) is 13.2 Å². The van der Waals surface area contributed by atoms with Crippen molar-refractivity contribution in [3.05, 3.63) is 24.3 Å². The van der Waals surface area contributed by atoms with Crippen LogP contribution in [0.25, 0.3) is 0 Å². The molecule has 0 atom stereocenters. The van der Waals surface area contributed by atoms with Crippen molar-refractivity contribution in [1.82, 2.24) is 4.72 Å². The zero-order valence-corrected chi connectivity index (χ0v) is 12.2. The second kappa shape index (κ2) is 7.06. The minimum atomic E-state index is -3.45. The van der Waals surface area contributed by atoms with Crippen molar-refractivity contribution in [3.63, 3.8) is 0 Å². The fraction of sp³-hybridized carbons (Fsp3) is 0.571. The molecule has 0 heterocycles. The molecular formula is C14H21NO4S. The van der Waals surface area contributed by atoms with E-state index in [1.54, 1.807) is 12.1 Å². The van der Waals surface area contributed by atoms with Crippen molar-refractivity contribution in [2.45, 2.75) is 43.0 Å². The van der Waals surface area contributed by atoms with E-state index in [1.165, 1.54) is 18.6 Å². The van der Waals surface area contributed by atoms with E-state index in [1.807, 2.05) is 0 Å². The summed E-state index contributed by atoms with van der Waals surface area (Å²) >= 11 is 0. The summed E-state index contributed by atoms with van der Waals surface area (Å²) in [5, 5.41) is 8.66. The van der Waals surface area contributed by atoms with Crippen LogP contribution in [-0.4, -0.2) is 32.8 Å². The summed E-state index contributed by atoms with van der Waals surface area (Å²) < 4.78 is 32.4. The Kier molecular flexibility index (Phi) is 5.39. The van der Waals surface area contributed by atoms with E-state index in [0.29, 0.717) is 5.75 Å². The second-order valence-electron chi connectivity index (χ2n) is 5.00. The Balaban J connectivity index is 2.01. The Labute approximate surface area is 120 Å². The first kappa shape index (κ1) is 15.3. The summed E-state index contributed by atoms with van der Waals surface area (Å²) in [5.41, 5.74) is 0. The number of rotatable bonds is 6. The van der Waals surface area contributed by atoms with Gasteiger partial charge in [-0.15, -0.1) is 0 Å². The van der Waals surface area contributed by atoms with Crippen molar-refractivity contribution >= 4 is 10.0 Å². The summed E-state index contributed by atoms with van der Waals surface area (Å²) in [7, 11) is -3.45. The molecule has 1 aliphatic carbocycles.